The van der Waals surface area contributed by atoms with Crippen LogP contribution >= 0.6 is 22.6 Å². The van der Waals surface area contributed by atoms with E-state index in [1.165, 1.54) is 4.31 Å². The predicted octanol–water partition coefficient (Wildman–Crippen LogP) is 5.97. The van der Waals surface area contributed by atoms with Crippen LogP contribution in [-0.4, -0.2) is 29.5 Å². The molecule has 5 rings (SSSR count). The van der Waals surface area contributed by atoms with Crippen LogP contribution in [0.4, 0.5) is 0 Å². The molecule has 0 amide bonds. The number of aryl methyl sites for hydroxylation is 1. The normalized spacial score (nSPS) is 15.9. The topological polar surface area (TPSA) is 78.2 Å². The highest BCUT2D eigenvalue weighted by Gasteiger charge is 2.36. The molecule has 1 heterocycles. The summed E-state index contributed by atoms with van der Waals surface area (Å²) < 4.78 is 29.5. The summed E-state index contributed by atoms with van der Waals surface area (Å²) in [6.07, 6.45) is 0. The number of carbonyl (C=O) groups excluding carboxylic acids is 1. The highest BCUT2D eigenvalue weighted by atomic mass is 127. The number of sulfonamides is 1. The molecule has 0 spiro atoms. The van der Waals surface area contributed by atoms with Gasteiger partial charge in [0.1, 0.15) is 0 Å². The third-order valence-electron chi connectivity index (χ3n) is 6.73. The third kappa shape index (κ3) is 4.34. The fourth-order valence-electron chi connectivity index (χ4n) is 4.86. The minimum Gasteiger partial charge on any atom is -0.289 e. The van der Waals surface area contributed by atoms with Crippen molar-refractivity contribution in [2.45, 2.75) is 24.3 Å². The summed E-state index contributed by atoms with van der Waals surface area (Å²) in [6.45, 7) is 2.40. The Labute approximate surface area is 224 Å². The predicted molar refractivity (Wildman–Crippen MR) is 149 cm³/mol. The van der Waals surface area contributed by atoms with E-state index in [0.29, 0.717) is 27.7 Å². The van der Waals surface area contributed by atoms with Gasteiger partial charge in [-0.1, -0.05) is 64.6 Å². The second kappa shape index (κ2) is 9.77. The lowest BCUT2D eigenvalue weighted by Gasteiger charge is -2.35. The SMILES string of the molecule is Cc1ccc(S(=O)(=O)N2Cc3c(C(=O)c4ccc(C#N)cc4)cc4ccccc4c3[C@@H](CI)C2)cc1. The summed E-state index contributed by atoms with van der Waals surface area (Å²) in [4.78, 5) is 14.0. The maximum absolute atomic E-state index is 13.8. The van der Waals surface area contributed by atoms with Crippen molar-refractivity contribution in [1.29, 1.82) is 5.26 Å². The Balaban J connectivity index is 1.68. The van der Waals surface area contributed by atoms with Gasteiger partial charge >= 0.3 is 0 Å². The van der Waals surface area contributed by atoms with Gasteiger partial charge in [0.05, 0.1) is 16.5 Å². The lowest BCUT2D eigenvalue weighted by atomic mass is 9.83. The highest BCUT2D eigenvalue weighted by molar-refractivity contribution is 14.1. The summed E-state index contributed by atoms with van der Waals surface area (Å²) in [5.41, 5.74) is 4.25. The second-order valence-corrected chi connectivity index (χ2v) is 11.8. The van der Waals surface area contributed by atoms with E-state index < -0.39 is 10.0 Å². The first-order valence-electron chi connectivity index (χ1n) is 11.6. The number of hydrogen-bond acceptors (Lipinski definition) is 4. The number of benzene rings is 4. The average Bonchev–Trinajstić information content (AvgIpc) is 2.91. The van der Waals surface area contributed by atoms with E-state index in [0.717, 1.165) is 27.5 Å². The molecule has 0 aromatic heterocycles. The van der Waals surface area contributed by atoms with Crippen LogP contribution in [-0.2, 0) is 16.6 Å². The first-order valence-corrected chi connectivity index (χ1v) is 14.5. The summed E-state index contributed by atoms with van der Waals surface area (Å²) in [6, 6.07) is 25.4. The van der Waals surface area contributed by atoms with Crippen molar-refractivity contribution >= 4 is 49.2 Å². The first-order chi connectivity index (χ1) is 17.3. The molecule has 5 nitrogen and oxygen atoms in total. The van der Waals surface area contributed by atoms with Crippen LogP contribution in [0.15, 0.2) is 83.8 Å². The van der Waals surface area contributed by atoms with Crippen molar-refractivity contribution in [2.75, 3.05) is 11.0 Å². The zero-order valence-electron chi connectivity index (χ0n) is 19.6. The number of ketones is 1. The summed E-state index contributed by atoms with van der Waals surface area (Å²) in [5.74, 6) is -0.239. The fraction of sp³-hybridized carbons (Fsp3) is 0.172. The lowest BCUT2D eigenvalue weighted by Crippen LogP contribution is -2.39. The van der Waals surface area contributed by atoms with E-state index in [9.17, 15) is 13.2 Å². The van der Waals surface area contributed by atoms with Crippen LogP contribution in [0.1, 0.15) is 44.1 Å². The van der Waals surface area contributed by atoms with Gasteiger partial charge in [0.25, 0.3) is 0 Å². The molecule has 0 fully saturated rings. The molecule has 36 heavy (non-hydrogen) atoms. The number of hydrogen-bond donors (Lipinski definition) is 0. The van der Waals surface area contributed by atoms with Crippen LogP contribution in [0.25, 0.3) is 10.8 Å². The van der Waals surface area contributed by atoms with E-state index in [2.05, 4.69) is 28.7 Å². The quantitative estimate of drug-likeness (QED) is 0.159. The minimum atomic E-state index is -3.75. The molecule has 0 bridgehead atoms. The molecule has 0 N–H and O–H groups in total. The Hall–Kier alpha value is -3.06. The van der Waals surface area contributed by atoms with Crippen LogP contribution in [0.2, 0.25) is 0 Å². The van der Waals surface area contributed by atoms with Crippen LogP contribution < -0.4 is 0 Å². The first kappa shape index (κ1) is 24.6. The van der Waals surface area contributed by atoms with Crippen LogP contribution in [0.5, 0.6) is 0 Å². The van der Waals surface area contributed by atoms with E-state index >= 15 is 0 Å². The molecule has 0 saturated heterocycles. The molecule has 0 aliphatic carbocycles. The van der Waals surface area contributed by atoms with Gasteiger partial charge in [0.15, 0.2) is 5.78 Å². The van der Waals surface area contributed by atoms with Crippen LogP contribution in [0.3, 0.4) is 0 Å². The average molecular weight is 606 g/mol. The van der Waals surface area contributed by atoms with Gasteiger partial charge in [-0.05, 0) is 71.3 Å². The molecule has 7 heteroatoms. The molecule has 4 aromatic rings. The monoisotopic (exact) mass is 606 g/mol. The molecule has 1 aliphatic rings. The van der Waals surface area contributed by atoms with E-state index in [1.807, 2.05) is 37.3 Å². The third-order valence-corrected chi connectivity index (χ3v) is 9.62. The van der Waals surface area contributed by atoms with Crippen molar-refractivity contribution in [3.8, 4) is 6.07 Å². The minimum absolute atomic E-state index is 0.0619. The standard InChI is InChI=1S/C29H23IN2O3S/c1-19-6-12-24(13-7-19)36(34,35)32-17-23(15-30)28-25-5-3-2-4-22(25)14-26(27(28)18-32)29(33)21-10-8-20(16-31)9-11-21/h2-14,23H,15,17-18H2,1H3/t23-/m0/s1. The molecule has 0 saturated carbocycles. The maximum atomic E-state index is 13.8. The van der Waals surface area contributed by atoms with Gasteiger partial charge in [-0.2, -0.15) is 9.57 Å². The van der Waals surface area contributed by atoms with Crippen LogP contribution in [0, 0.1) is 18.3 Å². The number of nitriles is 1. The summed E-state index contributed by atoms with van der Waals surface area (Å²) >= 11 is 2.30. The molecule has 180 valence electrons. The molecular weight excluding hydrogens is 583 g/mol. The number of alkyl halides is 1. The lowest BCUT2D eigenvalue weighted by molar-refractivity contribution is 0.103. The Morgan fingerprint density at radius 1 is 1.06 bits per heavy atom. The highest BCUT2D eigenvalue weighted by Crippen LogP contribution is 2.40. The summed E-state index contributed by atoms with van der Waals surface area (Å²) in [7, 11) is -3.75. The number of nitrogens with zero attached hydrogens (tertiary/aromatic N) is 2. The smallest absolute Gasteiger partial charge is 0.243 e. The van der Waals surface area contributed by atoms with E-state index in [1.54, 1.807) is 48.5 Å². The molecule has 1 atom stereocenters. The van der Waals surface area contributed by atoms with Crippen molar-refractivity contribution in [2.24, 2.45) is 0 Å². The summed E-state index contributed by atoms with van der Waals surface area (Å²) in [5, 5.41) is 11.1. The van der Waals surface area contributed by atoms with Gasteiger partial charge < -0.3 is 0 Å². The van der Waals surface area contributed by atoms with Crippen molar-refractivity contribution in [1.82, 2.24) is 4.31 Å². The largest absolute Gasteiger partial charge is 0.289 e. The van der Waals surface area contributed by atoms with Crippen molar-refractivity contribution < 1.29 is 13.2 Å². The maximum Gasteiger partial charge on any atom is 0.243 e. The van der Waals surface area contributed by atoms with E-state index in [4.69, 9.17) is 5.26 Å². The number of rotatable bonds is 5. The molecular formula is C29H23IN2O3S. The fourth-order valence-corrected chi connectivity index (χ4v) is 7.03. The van der Waals surface area contributed by atoms with E-state index in [-0.39, 0.29) is 23.1 Å². The van der Waals surface area contributed by atoms with Gasteiger partial charge in [0, 0.05) is 34.6 Å². The van der Waals surface area contributed by atoms with Gasteiger partial charge in [-0.25, -0.2) is 8.42 Å². The Morgan fingerprint density at radius 2 is 1.75 bits per heavy atom. The molecule has 1 aliphatic heterocycles. The number of carbonyl (C=O) groups is 1. The van der Waals surface area contributed by atoms with Gasteiger partial charge in [0.2, 0.25) is 10.0 Å². The van der Waals surface area contributed by atoms with Crippen molar-refractivity contribution in [3.63, 3.8) is 0 Å². The van der Waals surface area contributed by atoms with Gasteiger partial charge in [-0.3, -0.25) is 4.79 Å². The molecule has 4 aromatic carbocycles. The molecule has 0 radical (unpaired) electrons. The Morgan fingerprint density at radius 3 is 2.42 bits per heavy atom. The zero-order valence-corrected chi connectivity index (χ0v) is 22.6. The molecule has 0 unspecified atom stereocenters. The Bertz CT molecular complexity index is 1620. The van der Waals surface area contributed by atoms with Gasteiger partial charge in [-0.15, -0.1) is 0 Å². The Kier molecular flexibility index (Phi) is 6.68. The zero-order chi connectivity index (χ0) is 25.4. The van der Waals surface area contributed by atoms with Crippen molar-refractivity contribution in [3.05, 3.63) is 112 Å². The number of halogens is 1. The number of fused-ring (bicyclic) bond motifs is 3. The second-order valence-electron chi connectivity index (χ2n) is 9.02.